The molecule has 2 saturated heterocycles. The van der Waals surface area contributed by atoms with Crippen LogP contribution in [0, 0.1) is 18.3 Å². The lowest BCUT2D eigenvalue weighted by atomic mass is 9.96. The van der Waals surface area contributed by atoms with E-state index in [0.29, 0.717) is 25.2 Å². The minimum absolute atomic E-state index is 0.149. The van der Waals surface area contributed by atoms with Gasteiger partial charge in [-0.25, -0.2) is 0 Å². The van der Waals surface area contributed by atoms with Crippen LogP contribution >= 0.6 is 15.9 Å². The van der Waals surface area contributed by atoms with Gasteiger partial charge in [0.1, 0.15) is 0 Å². The highest BCUT2D eigenvalue weighted by Gasteiger charge is 2.29. The van der Waals surface area contributed by atoms with Gasteiger partial charge in [-0.15, -0.1) is 0 Å². The Bertz CT molecular complexity index is 636. The fourth-order valence-electron chi connectivity index (χ4n) is 3.73. The molecule has 3 rings (SSSR count). The van der Waals surface area contributed by atoms with Crippen molar-refractivity contribution in [3.63, 3.8) is 0 Å². The highest BCUT2D eigenvalue weighted by Crippen LogP contribution is 2.27. The second-order valence-electron chi connectivity index (χ2n) is 6.96. The van der Waals surface area contributed by atoms with Crippen molar-refractivity contribution in [3.05, 3.63) is 27.7 Å². The minimum atomic E-state index is 0.149. The van der Waals surface area contributed by atoms with E-state index in [1.807, 2.05) is 24.0 Å². The van der Waals surface area contributed by atoms with Crippen LogP contribution in [-0.4, -0.2) is 49.4 Å². The van der Waals surface area contributed by atoms with E-state index in [-0.39, 0.29) is 5.92 Å². The second kappa shape index (κ2) is 8.32. The van der Waals surface area contributed by atoms with Gasteiger partial charge in [-0.1, -0.05) is 15.9 Å². The molecule has 2 aliphatic rings. The molecule has 1 aromatic carbocycles. The average Bonchev–Trinajstić information content (AvgIpc) is 2.62. The molecule has 0 unspecified atom stereocenters. The molecule has 0 saturated carbocycles. The number of carbonyl (C=O) groups excluding carboxylic acids is 1. The maximum absolute atomic E-state index is 12.6. The van der Waals surface area contributed by atoms with Gasteiger partial charge >= 0.3 is 0 Å². The van der Waals surface area contributed by atoms with Crippen LogP contribution in [0.1, 0.15) is 36.8 Å². The third-order valence-corrected chi connectivity index (χ3v) is 5.69. The number of carbonyl (C=O) groups is 1. The number of ether oxygens (including phenoxy) is 1. The smallest absolute Gasteiger partial charge is 0.225 e. The Morgan fingerprint density at radius 2 is 1.96 bits per heavy atom. The van der Waals surface area contributed by atoms with E-state index in [1.165, 1.54) is 6.21 Å². The van der Waals surface area contributed by atoms with Gasteiger partial charge < -0.3 is 20.4 Å². The Hall–Kier alpha value is -1.40. The van der Waals surface area contributed by atoms with Crippen LogP contribution in [0.15, 0.2) is 16.6 Å². The van der Waals surface area contributed by atoms with E-state index in [2.05, 4.69) is 21.2 Å². The van der Waals surface area contributed by atoms with Gasteiger partial charge in [0.05, 0.1) is 0 Å². The number of aryl methyl sites for hydroxylation is 1. The first-order valence-electron chi connectivity index (χ1n) is 9.02. The summed E-state index contributed by atoms with van der Waals surface area (Å²) in [5.74, 6) is 0.454. The maximum atomic E-state index is 12.6. The van der Waals surface area contributed by atoms with Crippen LogP contribution in [0.5, 0.6) is 0 Å². The Morgan fingerprint density at radius 3 is 2.60 bits per heavy atom. The summed E-state index contributed by atoms with van der Waals surface area (Å²) >= 11 is 3.54. The van der Waals surface area contributed by atoms with E-state index in [9.17, 15) is 4.79 Å². The van der Waals surface area contributed by atoms with Gasteiger partial charge in [-0.2, -0.15) is 0 Å². The topological polar surface area (TPSA) is 65.4 Å². The molecule has 5 nitrogen and oxygen atoms in total. The highest BCUT2D eigenvalue weighted by molar-refractivity contribution is 9.10. The highest BCUT2D eigenvalue weighted by atomic mass is 79.9. The molecule has 2 fully saturated rings. The average molecular weight is 408 g/mol. The summed E-state index contributed by atoms with van der Waals surface area (Å²) in [6.07, 6.45) is 5.01. The summed E-state index contributed by atoms with van der Waals surface area (Å²) in [7, 11) is 0. The van der Waals surface area contributed by atoms with Gasteiger partial charge in [0.2, 0.25) is 5.91 Å². The van der Waals surface area contributed by atoms with E-state index < -0.39 is 0 Å². The largest absolute Gasteiger partial charge is 0.382 e. The van der Waals surface area contributed by atoms with Crippen molar-refractivity contribution in [2.75, 3.05) is 31.6 Å². The first-order valence-corrected chi connectivity index (χ1v) is 9.81. The standard InChI is InChI=1S/C19H26BrN3O2/c1-13-10-15(20)11-18(17(13)12-21)22-16-2-6-23(7-3-16)19(24)14-4-8-25-9-5-14/h10-12,14,16,21-22H,2-9H2,1H3. The molecule has 0 spiro atoms. The van der Waals surface area contributed by atoms with Crippen LogP contribution in [0.2, 0.25) is 0 Å². The van der Waals surface area contributed by atoms with Crippen LogP contribution in [0.4, 0.5) is 5.69 Å². The van der Waals surface area contributed by atoms with Crippen LogP contribution in [0.3, 0.4) is 0 Å². The summed E-state index contributed by atoms with van der Waals surface area (Å²) < 4.78 is 6.38. The molecule has 25 heavy (non-hydrogen) atoms. The molecule has 0 bridgehead atoms. The summed E-state index contributed by atoms with van der Waals surface area (Å²) in [5.41, 5.74) is 3.01. The van der Waals surface area contributed by atoms with Gasteiger partial charge in [0.25, 0.3) is 0 Å². The van der Waals surface area contributed by atoms with Gasteiger partial charge in [-0.3, -0.25) is 4.79 Å². The summed E-state index contributed by atoms with van der Waals surface area (Å²) in [6, 6.07) is 4.40. The zero-order valence-electron chi connectivity index (χ0n) is 14.7. The number of halogens is 1. The van der Waals surface area contributed by atoms with Crippen LogP contribution in [-0.2, 0) is 9.53 Å². The number of hydrogen-bond acceptors (Lipinski definition) is 4. The fourth-order valence-corrected chi connectivity index (χ4v) is 4.30. The molecule has 136 valence electrons. The first-order chi connectivity index (χ1) is 12.1. The van der Waals surface area contributed by atoms with Crippen LogP contribution < -0.4 is 5.32 Å². The number of anilines is 1. The Labute approximate surface area is 157 Å². The van der Waals surface area contributed by atoms with Crippen molar-refractivity contribution >= 4 is 33.7 Å². The van der Waals surface area contributed by atoms with Gasteiger partial charge in [0, 0.05) is 60.2 Å². The van der Waals surface area contributed by atoms with E-state index in [1.54, 1.807) is 0 Å². The first kappa shape index (κ1) is 18.4. The molecule has 0 aromatic heterocycles. The molecule has 6 heteroatoms. The lowest BCUT2D eigenvalue weighted by molar-refractivity contribution is -0.139. The molecule has 0 atom stereocenters. The Morgan fingerprint density at radius 1 is 1.28 bits per heavy atom. The Kier molecular flexibility index (Phi) is 6.12. The van der Waals surface area contributed by atoms with Crippen molar-refractivity contribution in [1.29, 1.82) is 5.41 Å². The number of likely N-dealkylation sites (tertiary alicyclic amines) is 1. The monoisotopic (exact) mass is 407 g/mol. The molecule has 2 N–H and O–H groups in total. The zero-order valence-corrected chi connectivity index (χ0v) is 16.3. The fraction of sp³-hybridized carbons (Fsp3) is 0.579. The van der Waals surface area contributed by atoms with E-state index in [4.69, 9.17) is 10.1 Å². The molecular weight excluding hydrogens is 382 g/mol. The lowest BCUT2D eigenvalue weighted by Gasteiger charge is -2.36. The number of hydrogen-bond donors (Lipinski definition) is 2. The van der Waals surface area contributed by atoms with Crippen LogP contribution in [0.25, 0.3) is 0 Å². The summed E-state index contributed by atoms with van der Waals surface area (Å²) in [4.78, 5) is 14.6. The number of piperidine rings is 1. The molecule has 2 heterocycles. The van der Waals surface area contributed by atoms with Crippen molar-refractivity contribution in [3.8, 4) is 0 Å². The van der Waals surface area contributed by atoms with Crippen molar-refractivity contribution in [1.82, 2.24) is 4.90 Å². The number of rotatable bonds is 4. The van der Waals surface area contributed by atoms with Crippen molar-refractivity contribution < 1.29 is 9.53 Å². The Balaban J connectivity index is 1.58. The summed E-state index contributed by atoms with van der Waals surface area (Å²) in [5, 5.41) is 11.3. The predicted octanol–water partition coefficient (Wildman–Crippen LogP) is 3.58. The molecule has 1 aromatic rings. The SMILES string of the molecule is Cc1cc(Br)cc(NC2CCN(C(=O)C3CCOCC3)CC2)c1C=N. The molecule has 0 radical (unpaired) electrons. The van der Waals surface area contributed by atoms with E-state index in [0.717, 1.165) is 60.1 Å². The normalized spacial score (nSPS) is 19.7. The third-order valence-electron chi connectivity index (χ3n) is 5.23. The molecule has 0 aliphatic carbocycles. The number of amides is 1. The summed E-state index contributed by atoms with van der Waals surface area (Å²) in [6.45, 7) is 5.05. The quantitative estimate of drug-likeness (QED) is 0.749. The molecule has 1 amide bonds. The zero-order chi connectivity index (χ0) is 17.8. The van der Waals surface area contributed by atoms with Crippen molar-refractivity contribution in [2.24, 2.45) is 5.92 Å². The number of nitrogens with one attached hydrogen (secondary N) is 2. The van der Waals surface area contributed by atoms with E-state index >= 15 is 0 Å². The predicted molar refractivity (Wildman–Crippen MR) is 104 cm³/mol. The van der Waals surface area contributed by atoms with Gasteiger partial charge in [-0.05, 0) is 50.3 Å². The maximum Gasteiger partial charge on any atom is 0.225 e. The van der Waals surface area contributed by atoms with Gasteiger partial charge in [0.15, 0.2) is 0 Å². The lowest BCUT2D eigenvalue weighted by Crippen LogP contribution is -2.45. The number of benzene rings is 1. The third kappa shape index (κ3) is 4.42. The minimum Gasteiger partial charge on any atom is -0.382 e. The van der Waals surface area contributed by atoms with Crippen molar-refractivity contribution in [2.45, 2.75) is 38.6 Å². The second-order valence-corrected chi connectivity index (χ2v) is 7.87. The molecular formula is C19H26BrN3O2. The molecule has 2 aliphatic heterocycles. The number of nitrogens with zero attached hydrogens (tertiary/aromatic N) is 1.